The minimum absolute atomic E-state index is 0.355. The molecule has 0 saturated carbocycles. The Labute approximate surface area is 156 Å². The lowest BCUT2D eigenvalue weighted by molar-refractivity contribution is 0.0602. The lowest BCUT2D eigenvalue weighted by Gasteiger charge is -2.14. The molecular formula is C19H19ClN4O2. The number of anilines is 2. The fourth-order valence-electron chi connectivity index (χ4n) is 2.61. The molecule has 7 heteroatoms. The molecule has 134 valence electrons. The average Bonchev–Trinajstić information content (AvgIpc) is 3.06. The van der Waals surface area contributed by atoms with Crippen molar-refractivity contribution < 1.29 is 9.53 Å². The van der Waals surface area contributed by atoms with E-state index in [1.54, 1.807) is 35.3 Å². The number of aryl methyl sites for hydroxylation is 2. The van der Waals surface area contributed by atoms with E-state index in [1.807, 2.05) is 26.0 Å². The molecule has 0 aliphatic carbocycles. The molecule has 0 atom stereocenters. The number of halogens is 1. The maximum Gasteiger partial charge on any atom is 0.340 e. The number of hydrogen-bond donors (Lipinski definition) is 1. The normalized spacial score (nSPS) is 10.6. The predicted octanol–water partition coefficient (Wildman–Crippen LogP) is 4.32. The Hall–Kier alpha value is -2.86. The number of ether oxygens (including phenoxy) is 1. The maximum atomic E-state index is 12.1. The van der Waals surface area contributed by atoms with Crippen LogP contribution in [0.3, 0.4) is 0 Å². The Morgan fingerprint density at radius 3 is 2.85 bits per heavy atom. The standard InChI is InChI=1S/C19H19ClN4O2/c1-4-13-10-17(24(23-13)16-11-21-9-8-12(16)2)22-18-14(19(25)26-3)6-5-7-15(18)20/h5-11,22H,4H2,1-3H3. The van der Waals surface area contributed by atoms with Gasteiger partial charge in [-0.15, -0.1) is 0 Å². The van der Waals surface area contributed by atoms with E-state index in [4.69, 9.17) is 16.3 Å². The number of para-hydroxylation sites is 1. The second-order valence-electron chi connectivity index (χ2n) is 5.73. The highest BCUT2D eigenvalue weighted by molar-refractivity contribution is 6.34. The lowest BCUT2D eigenvalue weighted by atomic mass is 10.1. The third-order valence-corrected chi connectivity index (χ3v) is 4.35. The van der Waals surface area contributed by atoms with Crippen molar-refractivity contribution in [2.75, 3.05) is 12.4 Å². The first-order chi connectivity index (χ1) is 12.5. The van der Waals surface area contributed by atoms with Crippen molar-refractivity contribution in [3.63, 3.8) is 0 Å². The Kier molecular flexibility index (Phi) is 5.23. The molecule has 6 nitrogen and oxygen atoms in total. The molecule has 0 unspecified atom stereocenters. The SMILES string of the molecule is CCc1cc(Nc2c(Cl)cccc2C(=O)OC)n(-c2cnccc2C)n1. The highest BCUT2D eigenvalue weighted by atomic mass is 35.5. The van der Waals surface area contributed by atoms with E-state index in [2.05, 4.69) is 15.4 Å². The van der Waals surface area contributed by atoms with Gasteiger partial charge in [0.25, 0.3) is 0 Å². The van der Waals surface area contributed by atoms with Gasteiger partial charge >= 0.3 is 5.97 Å². The number of methoxy groups -OCH3 is 1. The molecule has 2 heterocycles. The summed E-state index contributed by atoms with van der Waals surface area (Å²) in [5.74, 6) is 0.227. The third-order valence-electron chi connectivity index (χ3n) is 4.03. The van der Waals surface area contributed by atoms with Gasteiger partial charge in [-0.25, -0.2) is 9.48 Å². The summed E-state index contributed by atoms with van der Waals surface area (Å²) in [6, 6.07) is 8.93. The average molecular weight is 371 g/mol. The molecule has 1 N–H and O–H groups in total. The summed E-state index contributed by atoms with van der Waals surface area (Å²) in [6.45, 7) is 4.02. The first kappa shape index (κ1) is 17.9. The summed E-state index contributed by atoms with van der Waals surface area (Å²) >= 11 is 6.34. The molecule has 3 aromatic rings. The summed E-state index contributed by atoms with van der Waals surface area (Å²) in [5.41, 5.74) is 3.62. The van der Waals surface area contributed by atoms with Crippen molar-refractivity contribution in [2.45, 2.75) is 20.3 Å². The van der Waals surface area contributed by atoms with Gasteiger partial charge in [0.05, 0.1) is 41.0 Å². The first-order valence-electron chi connectivity index (χ1n) is 8.19. The fourth-order valence-corrected chi connectivity index (χ4v) is 2.83. The molecule has 0 bridgehead atoms. The number of nitrogens with one attached hydrogen (secondary N) is 1. The Balaban J connectivity index is 2.11. The molecule has 0 aliphatic heterocycles. The third kappa shape index (κ3) is 3.41. The number of pyridine rings is 1. The second-order valence-corrected chi connectivity index (χ2v) is 6.13. The highest BCUT2D eigenvalue weighted by Gasteiger charge is 2.18. The van der Waals surface area contributed by atoms with Gasteiger partial charge < -0.3 is 10.1 Å². The van der Waals surface area contributed by atoms with E-state index in [0.717, 1.165) is 23.4 Å². The van der Waals surface area contributed by atoms with Crippen molar-refractivity contribution in [3.8, 4) is 5.69 Å². The van der Waals surface area contributed by atoms with Crippen LogP contribution in [0.1, 0.15) is 28.5 Å². The van der Waals surface area contributed by atoms with Crippen LogP contribution in [0.5, 0.6) is 0 Å². The quantitative estimate of drug-likeness (QED) is 0.677. The molecule has 0 amide bonds. The largest absolute Gasteiger partial charge is 0.465 e. The molecule has 0 fully saturated rings. The van der Waals surface area contributed by atoms with Crippen LogP contribution in [0.25, 0.3) is 5.69 Å². The van der Waals surface area contributed by atoms with E-state index in [0.29, 0.717) is 22.1 Å². The van der Waals surface area contributed by atoms with E-state index in [-0.39, 0.29) is 0 Å². The van der Waals surface area contributed by atoms with Crippen LogP contribution in [-0.2, 0) is 11.2 Å². The molecule has 0 radical (unpaired) electrons. The van der Waals surface area contributed by atoms with Gasteiger partial charge in [0.2, 0.25) is 0 Å². The van der Waals surface area contributed by atoms with Crippen molar-refractivity contribution in [1.29, 1.82) is 0 Å². The molecule has 0 aliphatic rings. The second kappa shape index (κ2) is 7.58. The van der Waals surface area contributed by atoms with Crippen LogP contribution in [-0.4, -0.2) is 27.8 Å². The number of rotatable bonds is 5. The molecule has 0 spiro atoms. The molecule has 3 rings (SSSR count). The van der Waals surface area contributed by atoms with Crippen molar-refractivity contribution in [3.05, 3.63) is 64.6 Å². The van der Waals surface area contributed by atoms with Gasteiger partial charge in [-0.2, -0.15) is 5.10 Å². The van der Waals surface area contributed by atoms with Crippen LogP contribution >= 0.6 is 11.6 Å². The maximum absolute atomic E-state index is 12.1. The summed E-state index contributed by atoms with van der Waals surface area (Å²) in [7, 11) is 1.34. The van der Waals surface area contributed by atoms with E-state index < -0.39 is 5.97 Å². The summed E-state index contributed by atoms with van der Waals surface area (Å²) in [6.07, 6.45) is 4.26. The molecule has 26 heavy (non-hydrogen) atoms. The number of hydrogen-bond acceptors (Lipinski definition) is 5. The lowest BCUT2D eigenvalue weighted by Crippen LogP contribution is -2.09. The molecule has 1 aromatic carbocycles. The number of esters is 1. The zero-order valence-corrected chi connectivity index (χ0v) is 15.5. The smallest absolute Gasteiger partial charge is 0.340 e. The number of benzene rings is 1. The molecule has 0 saturated heterocycles. The van der Waals surface area contributed by atoms with Gasteiger partial charge in [-0.3, -0.25) is 4.98 Å². The van der Waals surface area contributed by atoms with Crippen LogP contribution in [0.4, 0.5) is 11.5 Å². The molecule has 2 aromatic heterocycles. The van der Waals surface area contributed by atoms with Gasteiger partial charge in [0.1, 0.15) is 5.82 Å². The van der Waals surface area contributed by atoms with Crippen molar-refractivity contribution >= 4 is 29.1 Å². The fraction of sp³-hybridized carbons (Fsp3) is 0.211. The zero-order valence-electron chi connectivity index (χ0n) is 14.8. The summed E-state index contributed by atoms with van der Waals surface area (Å²) in [4.78, 5) is 16.3. The number of aromatic nitrogens is 3. The van der Waals surface area contributed by atoms with Crippen molar-refractivity contribution in [1.82, 2.24) is 14.8 Å². The number of nitrogens with zero attached hydrogens (tertiary/aromatic N) is 3. The van der Waals surface area contributed by atoms with Crippen LogP contribution in [0.2, 0.25) is 5.02 Å². The number of carbonyl (C=O) groups excluding carboxylic acids is 1. The van der Waals surface area contributed by atoms with Crippen LogP contribution in [0.15, 0.2) is 42.7 Å². The Morgan fingerprint density at radius 1 is 1.35 bits per heavy atom. The Bertz CT molecular complexity index is 952. The van der Waals surface area contributed by atoms with E-state index >= 15 is 0 Å². The van der Waals surface area contributed by atoms with Gasteiger partial charge in [-0.05, 0) is 37.1 Å². The predicted molar refractivity (Wildman–Crippen MR) is 102 cm³/mol. The van der Waals surface area contributed by atoms with Gasteiger partial charge in [0.15, 0.2) is 0 Å². The Morgan fingerprint density at radius 2 is 2.15 bits per heavy atom. The monoisotopic (exact) mass is 370 g/mol. The minimum atomic E-state index is -0.464. The van der Waals surface area contributed by atoms with Crippen molar-refractivity contribution in [2.24, 2.45) is 0 Å². The van der Waals surface area contributed by atoms with Gasteiger partial charge in [0, 0.05) is 12.3 Å². The number of carbonyl (C=O) groups is 1. The minimum Gasteiger partial charge on any atom is -0.465 e. The van der Waals surface area contributed by atoms with E-state index in [1.165, 1.54) is 7.11 Å². The zero-order chi connectivity index (χ0) is 18.7. The summed E-state index contributed by atoms with van der Waals surface area (Å²) in [5, 5.41) is 8.30. The first-order valence-corrected chi connectivity index (χ1v) is 8.56. The topological polar surface area (TPSA) is 69.0 Å². The molecular weight excluding hydrogens is 352 g/mol. The van der Waals surface area contributed by atoms with Crippen LogP contribution < -0.4 is 5.32 Å². The van der Waals surface area contributed by atoms with E-state index in [9.17, 15) is 4.79 Å². The van der Waals surface area contributed by atoms with Crippen LogP contribution in [0, 0.1) is 6.92 Å². The summed E-state index contributed by atoms with van der Waals surface area (Å²) < 4.78 is 6.63. The highest BCUT2D eigenvalue weighted by Crippen LogP contribution is 2.31. The van der Waals surface area contributed by atoms with Gasteiger partial charge in [-0.1, -0.05) is 24.6 Å².